The molecule has 0 saturated carbocycles. The van der Waals surface area contributed by atoms with Gasteiger partial charge in [-0.2, -0.15) is 0 Å². The summed E-state index contributed by atoms with van der Waals surface area (Å²) in [5, 5.41) is 4.85. The van der Waals surface area contributed by atoms with Crippen molar-refractivity contribution in [2.75, 3.05) is 16.8 Å². The van der Waals surface area contributed by atoms with Crippen LogP contribution in [0.1, 0.15) is 27.3 Å². The van der Waals surface area contributed by atoms with Gasteiger partial charge in [0.1, 0.15) is 17.3 Å². The number of aromatic nitrogens is 1. The number of halogens is 2. The second kappa shape index (κ2) is 7.39. The number of nitrogens with one attached hydrogen (secondary N) is 2. The number of hydrogen-bond acceptors (Lipinski definition) is 5. The average molecular weight is 395 g/mol. The van der Waals surface area contributed by atoms with Gasteiger partial charge in [0.05, 0.1) is 17.2 Å². The summed E-state index contributed by atoms with van der Waals surface area (Å²) < 4.78 is 49.5. The van der Waals surface area contributed by atoms with Crippen molar-refractivity contribution in [3.63, 3.8) is 0 Å². The molecular formula is C17H15F2N3O4S. The van der Waals surface area contributed by atoms with Gasteiger partial charge >= 0.3 is 0 Å². The van der Waals surface area contributed by atoms with Crippen LogP contribution >= 0.6 is 0 Å². The highest BCUT2D eigenvalue weighted by Crippen LogP contribution is 2.16. The highest BCUT2D eigenvalue weighted by atomic mass is 32.2. The van der Waals surface area contributed by atoms with E-state index in [2.05, 4.69) is 15.6 Å². The Morgan fingerprint density at radius 1 is 1.11 bits per heavy atom. The summed E-state index contributed by atoms with van der Waals surface area (Å²) in [6.45, 7) is 0. The van der Waals surface area contributed by atoms with Crippen LogP contribution in [0.4, 0.5) is 14.5 Å². The van der Waals surface area contributed by atoms with Crippen LogP contribution in [-0.4, -0.2) is 42.8 Å². The predicted molar refractivity (Wildman–Crippen MR) is 93.1 cm³/mol. The first-order chi connectivity index (χ1) is 12.7. The molecule has 2 N–H and O–H groups in total. The van der Waals surface area contributed by atoms with Crippen LogP contribution in [0, 0.1) is 11.6 Å². The molecule has 7 nitrogen and oxygen atoms in total. The van der Waals surface area contributed by atoms with Gasteiger partial charge in [0.2, 0.25) is 0 Å². The molecule has 1 atom stereocenters. The standard InChI is InChI=1S/C17H15F2N3O4S/c18-11-1-2-14(13(19)8-11)22-17(24)15-7-10(3-5-20-15)16(23)21-12-4-6-27(25,26)9-12/h1-3,5,7-8,12H,4,6,9H2,(H,21,23)(H,22,24). The van der Waals surface area contributed by atoms with E-state index in [0.717, 1.165) is 12.1 Å². The van der Waals surface area contributed by atoms with E-state index in [4.69, 9.17) is 0 Å². The molecule has 2 aromatic rings. The number of carbonyl (C=O) groups is 2. The zero-order valence-electron chi connectivity index (χ0n) is 13.9. The molecule has 10 heteroatoms. The molecule has 1 saturated heterocycles. The topological polar surface area (TPSA) is 105 Å². The number of amides is 2. The van der Waals surface area contributed by atoms with E-state index in [-0.39, 0.29) is 28.5 Å². The van der Waals surface area contributed by atoms with Crippen LogP contribution in [0.15, 0.2) is 36.5 Å². The van der Waals surface area contributed by atoms with E-state index in [1.54, 1.807) is 0 Å². The van der Waals surface area contributed by atoms with E-state index in [1.807, 2.05) is 0 Å². The number of hydrogen-bond donors (Lipinski definition) is 2. The van der Waals surface area contributed by atoms with Gasteiger partial charge in [-0.15, -0.1) is 0 Å². The summed E-state index contributed by atoms with van der Waals surface area (Å²) in [4.78, 5) is 28.3. The third-order valence-electron chi connectivity index (χ3n) is 4.00. The Morgan fingerprint density at radius 3 is 2.56 bits per heavy atom. The third-order valence-corrected chi connectivity index (χ3v) is 5.77. The molecule has 1 fully saturated rings. The molecule has 27 heavy (non-hydrogen) atoms. The minimum absolute atomic E-state index is 0.0190. The van der Waals surface area contributed by atoms with Crippen molar-refractivity contribution < 1.29 is 26.8 Å². The minimum atomic E-state index is -3.14. The lowest BCUT2D eigenvalue weighted by Gasteiger charge is -2.11. The highest BCUT2D eigenvalue weighted by Gasteiger charge is 2.29. The van der Waals surface area contributed by atoms with E-state index in [9.17, 15) is 26.8 Å². The molecule has 3 rings (SSSR count). The van der Waals surface area contributed by atoms with E-state index in [1.165, 1.54) is 18.3 Å². The number of benzene rings is 1. The number of sulfone groups is 1. The van der Waals surface area contributed by atoms with Crippen molar-refractivity contribution in [1.82, 2.24) is 10.3 Å². The zero-order valence-corrected chi connectivity index (χ0v) is 14.7. The van der Waals surface area contributed by atoms with Crippen LogP contribution in [0.25, 0.3) is 0 Å². The van der Waals surface area contributed by atoms with Gasteiger partial charge in [-0.3, -0.25) is 14.6 Å². The third kappa shape index (κ3) is 4.64. The second-order valence-corrected chi connectivity index (χ2v) is 8.31. The lowest BCUT2D eigenvalue weighted by molar-refractivity contribution is 0.0941. The lowest BCUT2D eigenvalue weighted by Crippen LogP contribution is -2.35. The normalized spacial score (nSPS) is 18.1. The number of rotatable bonds is 4. The molecule has 1 unspecified atom stereocenters. The van der Waals surface area contributed by atoms with Crippen molar-refractivity contribution in [3.05, 3.63) is 59.4 Å². The maximum absolute atomic E-state index is 13.6. The number of carbonyl (C=O) groups excluding carboxylic acids is 2. The summed E-state index contributed by atoms with van der Waals surface area (Å²) in [5.41, 5.74) is -0.265. The van der Waals surface area contributed by atoms with Crippen molar-refractivity contribution in [2.24, 2.45) is 0 Å². The molecule has 142 valence electrons. The lowest BCUT2D eigenvalue weighted by atomic mass is 10.2. The Hall–Kier alpha value is -2.88. The molecule has 1 aliphatic heterocycles. The van der Waals surface area contributed by atoms with Crippen LogP contribution in [0.5, 0.6) is 0 Å². The quantitative estimate of drug-likeness (QED) is 0.817. The Bertz CT molecular complexity index is 1010. The predicted octanol–water partition coefficient (Wildman–Crippen LogP) is 1.53. The van der Waals surface area contributed by atoms with Crippen molar-refractivity contribution >= 4 is 27.3 Å². The largest absolute Gasteiger partial charge is 0.348 e. The van der Waals surface area contributed by atoms with Crippen LogP contribution < -0.4 is 10.6 Å². The first kappa shape index (κ1) is 18.9. The zero-order chi connectivity index (χ0) is 19.6. The number of pyridine rings is 1. The fraction of sp³-hybridized carbons (Fsp3) is 0.235. The Morgan fingerprint density at radius 2 is 1.89 bits per heavy atom. The molecule has 0 aliphatic carbocycles. The monoisotopic (exact) mass is 395 g/mol. The molecular weight excluding hydrogens is 380 g/mol. The molecule has 1 aliphatic rings. The maximum Gasteiger partial charge on any atom is 0.274 e. The summed E-state index contributed by atoms with van der Waals surface area (Å²) >= 11 is 0. The van der Waals surface area contributed by atoms with Crippen molar-refractivity contribution in [1.29, 1.82) is 0 Å². The summed E-state index contributed by atoms with van der Waals surface area (Å²) in [5.74, 6) is -3.15. The number of nitrogens with zero attached hydrogens (tertiary/aromatic N) is 1. The summed E-state index contributed by atoms with van der Waals surface area (Å²) in [6, 6.07) is 4.78. The Kier molecular flexibility index (Phi) is 5.17. The minimum Gasteiger partial charge on any atom is -0.348 e. The van der Waals surface area contributed by atoms with Crippen molar-refractivity contribution in [2.45, 2.75) is 12.5 Å². The smallest absolute Gasteiger partial charge is 0.274 e. The van der Waals surface area contributed by atoms with Crippen LogP contribution in [0.3, 0.4) is 0 Å². The van der Waals surface area contributed by atoms with E-state index in [0.29, 0.717) is 12.5 Å². The molecule has 0 bridgehead atoms. The molecule has 2 amide bonds. The second-order valence-electron chi connectivity index (χ2n) is 6.08. The van der Waals surface area contributed by atoms with Gasteiger partial charge in [0.25, 0.3) is 11.8 Å². The van der Waals surface area contributed by atoms with E-state index >= 15 is 0 Å². The average Bonchev–Trinajstić information content (AvgIpc) is 2.96. The molecule has 1 aromatic carbocycles. The first-order valence-electron chi connectivity index (χ1n) is 7.97. The van der Waals surface area contributed by atoms with Crippen molar-refractivity contribution in [3.8, 4) is 0 Å². The summed E-state index contributed by atoms with van der Waals surface area (Å²) in [6.07, 6.45) is 1.56. The van der Waals surface area contributed by atoms with Gasteiger partial charge in [0, 0.05) is 23.9 Å². The van der Waals surface area contributed by atoms with Crippen LogP contribution in [-0.2, 0) is 9.84 Å². The first-order valence-corrected chi connectivity index (χ1v) is 9.79. The summed E-state index contributed by atoms with van der Waals surface area (Å²) in [7, 11) is -3.14. The van der Waals surface area contributed by atoms with Crippen LogP contribution in [0.2, 0.25) is 0 Å². The van der Waals surface area contributed by atoms with Gasteiger partial charge in [-0.25, -0.2) is 17.2 Å². The van der Waals surface area contributed by atoms with E-state index < -0.39 is 39.3 Å². The SMILES string of the molecule is O=C(NC1CCS(=O)(=O)C1)c1ccnc(C(=O)Nc2ccc(F)cc2F)c1. The van der Waals surface area contributed by atoms with Gasteiger partial charge in [-0.1, -0.05) is 0 Å². The Labute approximate surface area is 153 Å². The molecule has 2 heterocycles. The fourth-order valence-corrected chi connectivity index (χ4v) is 4.32. The number of anilines is 1. The Balaban J connectivity index is 1.71. The molecule has 0 radical (unpaired) electrons. The van der Waals surface area contributed by atoms with Gasteiger partial charge < -0.3 is 10.6 Å². The highest BCUT2D eigenvalue weighted by molar-refractivity contribution is 7.91. The van der Waals surface area contributed by atoms with Gasteiger partial charge in [-0.05, 0) is 30.7 Å². The van der Waals surface area contributed by atoms with Gasteiger partial charge in [0.15, 0.2) is 9.84 Å². The maximum atomic E-state index is 13.6. The molecule has 0 spiro atoms. The fourth-order valence-electron chi connectivity index (χ4n) is 2.65. The molecule has 1 aromatic heterocycles.